The fourth-order valence-electron chi connectivity index (χ4n) is 4.93. The molecule has 5 heteroatoms. The quantitative estimate of drug-likeness (QED) is 0.851. The van der Waals surface area contributed by atoms with Crippen molar-refractivity contribution in [3.8, 4) is 0 Å². The Hall–Kier alpha value is -2.14. The molecule has 0 radical (unpaired) electrons. The first kappa shape index (κ1) is 18.2. The maximum atomic E-state index is 13.3. The second-order valence-electron chi connectivity index (χ2n) is 8.04. The van der Waals surface area contributed by atoms with Gasteiger partial charge in [0.15, 0.2) is 0 Å². The van der Waals surface area contributed by atoms with Crippen molar-refractivity contribution in [2.75, 3.05) is 13.6 Å². The fourth-order valence-corrected chi connectivity index (χ4v) is 4.93. The second-order valence-corrected chi connectivity index (χ2v) is 8.04. The minimum Gasteiger partial charge on any atom is -0.340 e. The minimum atomic E-state index is 0.0979. The Labute approximate surface area is 161 Å². The molecule has 5 nitrogen and oxygen atoms in total. The normalized spacial score (nSPS) is 24.9. The summed E-state index contributed by atoms with van der Waals surface area (Å²) in [5, 5.41) is 7.44. The number of aromatic nitrogens is 2. The molecule has 0 bridgehead atoms. The van der Waals surface area contributed by atoms with Gasteiger partial charge in [-0.2, -0.15) is 5.10 Å². The molecule has 2 aliphatic heterocycles. The third-order valence-corrected chi connectivity index (χ3v) is 6.16. The van der Waals surface area contributed by atoms with Crippen molar-refractivity contribution in [3.05, 3.63) is 53.3 Å². The van der Waals surface area contributed by atoms with Crippen LogP contribution in [-0.4, -0.2) is 45.5 Å². The summed E-state index contributed by atoms with van der Waals surface area (Å²) in [7, 11) is 1.93. The molecule has 1 amide bonds. The van der Waals surface area contributed by atoms with Crippen LogP contribution in [-0.2, 0) is 17.8 Å². The highest BCUT2D eigenvalue weighted by Gasteiger charge is 2.47. The van der Waals surface area contributed by atoms with E-state index in [9.17, 15) is 4.79 Å². The predicted molar refractivity (Wildman–Crippen MR) is 106 cm³/mol. The highest BCUT2D eigenvalue weighted by Crippen LogP contribution is 2.45. The van der Waals surface area contributed by atoms with Crippen LogP contribution < -0.4 is 0 Å². The number of hydrogen-bond acceptors (Lipinski definition) is 3. The number of amides is 1. The summed E-state index contributed by atoms with van der Waals surface area (Å²) in [6, 6.07) is 13.5. The van der Waals surface area contributed by atoms with Crippen molar-refractivity contribution in [2.45, 2.75) is 57.7 Å². The Kier molecular flexibility index (Phi) is 5.30. The Morgan fingerprint density at radius 1 is 1.33 bits per heavy atom. The number of carbonyl (C=O) groups is 1. The summed E-state index contributed by atoms with van der Waals surface area (Å²) >= 11 is 0. The first-order valence-electron chi connectivity index (χ1n) is 10.3. The summed E-state index contributed by atoms with van der Waals surface area (Å²) < 4.78 is 0. The highest BCUT2D eigenvalue weighted by atomic mass is 16.2. The van der Waals surface area contributed by atoms with Crippen molar-refractivity contribution in [1.82, 2.24) is 20.0 Å². The van der Waals surface area contributed by atoms with E-state index in [0.29, 0.717) is 18.6 Å². The Morgan fingerprint density at radius 2 is 2.15 bits per heavy atom. The average Bonchev–Trinajstić information content (AvgIpc) is 3.39. The number of aryl methyl sites for hydroxylation is 1. The van der Waals surface area contributed by atoms with Crippen LogP contribution in [0.15, 0.2) is 36.4 Å². The molecule has 2 aromatic rings. The third kappa shape index (κ3) is 3.65. The Bertz CT molecular complexity index is 772. The molecular weight excluding hydrogens is 336 g/mol. The smallest absolute Gasteiger partial charge is 0.227 e. The molecule has 2 fully saturated rings. The number of rotatable bonds is 6. The lowest BCUT2D eigenvalue weighted by Crippen LogP contribution is -2.38. The van der Waals surface area contributed by atoms with Gasteiger partial charge in [0.05, 0.1) is 23.9 Å². The van der Waals surface area contributed by atoms with Gasteiger partial charge in [-0.25, -0.2) is 0 Å². The van der Waals surface area contributed by atoms with E-state index >= 15 is 0 Å². The SMILES string of the molecule is CCCc1cc(CN(C)C(=O)[C@H]2C[C@@H](c3ccccc3)N3CCC[C@H]23)[nH]n1. The lowest BCUT2D eigenvalue weighted by Gasteiger charge is -2.25. The molecule has 0 unspecified atom stereocenters. The topological polar surface area (TPSA) is 52.2 Å². The molecule has 1 aromatic heterocycles. The molecule has 3 heterocycles. The molecule has 1 N–H and O–H groups in total. The number of hydrogen-bond donors (Lipinski definition) is 1. The van der Waals surface area contributed by atoms with Gasteiger partial charge in [-0.3, -0.25) is 14.8 Å². The van der Waals surface area contributed by atoms with Crippen LogP contribution in [0, 0.1) is 5.92 Å². The molecule has 27 heavy (non-hydrogen) atoms. The summed E-state index contributed by atoms with van der Waals surface area (Å²) in [6.07, 6.45) is 5.33. The van der Waals surface area contributed by atoms with Crippen LogP contribution in [0.5, 0.6) is 0 Å². The maximum absolute atomic E-state index is 13.3. The molecule has 1 aromatic carbocycles. The molecule has 3 atom stereocenters. The van der Waals surface area contributed by atoms with Crippen molar-refractivity contribution in [1.29, 1.82) is 0 Å². The van der Waals surface area contributed by atoms with Gasteiger partial charge in [0.2, 0.25) is 5.91 Å². The van der Waals surface area contributed by atoms with Crippen LogP contribution >= 0.6 is 0 Å². The van der Waals surface area contributed by atoms with Gasteiger partial charge in [-0.05, 0) is 43.9 Å². The van der Waals surface area contributed by atoms with Crippen LogP contribution in [0.4, 0.5) is 0 Å². The largest absolute Gasteiger partial charge is 0.340 e. The van der Waals surface area contributed by atoms with Gasteiger partial charge >= 0.3 is 0 Å². The molecule has 0 spiro atoms. The highest BCUT2D eigenvalue weighted by molar-refractivity contribution is 5.80. The number of carbonyl (C=O) groups excluding carboxylic acids is 1. The number of nitrogens with zero attached hydrogens (tertiary/aromatic N) is 3. The number of nitrogens with one attached hydrogen (secondary N) is 1. The predicted octanol–water partition coefficient (Wildman–Crippen LogP) is 3.55. The van der Waals surface area contributed by atoms with Gasteiger partial charge in [0, 0.05) is 19.1 Å². The molecule has 0 aliphatic carbocycles. The van der Waals surface area contributed by atoms with Crippen molar-refractivity contribution in [3.63, 3.8) is 0 Å². The first-order valence-corrected chi connectivity index (χ1v) is 10.3. The van der Waals surface area contributed by atoms with E-state index in [1.165, 1.54) is 12.0 Å². The second kappa shape index (κ2) is 7.85. The third-order valence-electron chi connectivity index (χ3n) is 6.16. The average molecular weight is 367 g/mol. The summed E-state index contributed by atoms with van der Waals surface area (Å²) in [6.45, 7) is 3.87. The Morgan fingerprint density at radius 3 is 2.93 bits per heavy atom. The van der Waals surface area contributed by atoms with Crippen LogP contribution in [0.2, 0.25) is 0 Å². The van der Waals surface area contributed by atoms with Gasteiger partial charge in [0.25, 0.3) is 0 Å². The van der Waals surface area contributed by atoms with E-state index in [1.807, 2.05) is 11.9 Å². The number of benzene rings is 1. The fraction of sp³-hybridized carbons (Fsp3) is 0.545. The number of aromatic amines is 1. The van der Waals surface area contributed by atoms with Gasteiger partial charge in [-0.1, -0.05) is 43.7 Å². The summed E-state index contributed by atoms with van der Waals surface area (Å²) in [4.78, 5) is 17.7. The van der Waals surface area contributed by atoms with Gasteiger partial charge < -0.3 is 4.90 Å². The van der Waals surface area contributed by atoms with Crippen LogP contribution in [0.3, 0.4) is 0 Å². The zero-order valence-corrected chi connectivity index (χ0v) is 16.4. The zero-order valence-electron chi connectivity index (χ0n) is 16.4. The molecule has 0 saturated carbocycles. The minimum absolute atomic E-state index is 0.0979. The molecule has 4 rings (SSSR count). The van der Waals surface area contributed by atoms with E-state index in [4.69, 9.17) is 0 Å². The lowest BCUT2D eigenvalue weighted by atomic mass is 9.93. The summed E-state index contributed by atoms with van der Waals surface area (Å²) in [5.41, 5.74) is 3.45. The standard InChI is InChI=1S/C22H30N4O/c1-3-8-17-13-18(24-23-17)15-25(2)22(27)19-14-21(16-9-5-4-6-10-16)26-12-7-11-20(19)26/h4-6,9-10,13,19-21H,3,7-8,11-12,14-15H2,1-2H3,(H,23,24)/t19-,20+,21-/m0/s1. The van der Waals surface area contributed by atoms with E-state index in [0.717, 1.165) is 43.6 Å². The van der Waals surface area contributed by atoms with E-state index < -0.39 is 0 Å². The summed E-state index contributed by atoms with van der Waals surface area (Å²) in [5.74, 6) is 0.373. The lowest BCUT2D eigenvalue weighted by molar-refractivity contribution is -0.135. The van der Waals surface area contributed by atoms with Crippen LogP contribution in [0.25, 0.3) is 0 Å². The zero-order chi connectivity index (χ0) is 18.8. The Balaban J connectivity index is 1.46. The van der Waals surface area contributed by atoms with Gasteiger partial charge in [-0.15, -0.1) is 0 Å². The van der Waals surface area contributed by atoms with E-state index in [-0.39, 0.29) is 11.8 Å². The van der Waals surface area contributed by atoms with Crippen molar-refractivity contribution < 1.29 is 4.79 Å². The number of H-pyrrole nitrogens is 1. The monoisotopic (exact) mass is 366 g/mol. The van der Waals surface area contributed by atoms with Crippen molar-refractivity contribution in [2.24, 2.45) is 5.92 Å². The maximum Gasteiger partial charge on any atom is 0.227 e. The van der Waals surface area contributed by atoms with Gasteiger partial charge in [0.1, 0.15) is 0 Å². The molecular formula is C22H30N4O. The first-order chi connectivity index (χ1) is 13.2. The van der Waals surface area contributed by atoms with E-state index in [1.54, 1.807) is 0 Å². The van der Waals surface area contributed by atoms with Crippen LogP contribution in [0.1, 0.15) is 55.6 Å². The van der Waals surface area contributed by atoms with E-state index in [2.05, 4.69) is 58.4 Å². The number of fused-ring (bicyclic) bond motifs is 1. The molecule has 2 aliphatic rings. The molecule has 2 saturated heterocycles. The molecule has 144 valence electrons. The van der Waals surface area contributed by atoms with Crippen molar-refractivity contribution >= 4 is 5.91 Å².